The van der Waals surface area contributed by atoms with Crippen LogP contribution in [0.4, 0.5) is 5.13 Å². The summed E-state index contributed by atoms with van der Waals surface area (Å²) < 4.78 is 22.2. The number of hydrogen-bond donors (Lipinski definition) is 1. The second-order valence-electron chi connectivity index (χ2n) is 7.00. The highest BCUT2D eigenvalue weighted by Gasteiger charge is 2.19. The zero-order valence-electron chi connectivity index (χ0n) is 17.4. The van der Waals surface area contributed by atoms with E-state index in [1.54, 1.807) is 32.4 Å². The molecule has 4 rings (SSSR count). The van der Waals surface area contributed by atoms with E-state index in [1.807, 2.05) is 29.6 Å². The van der Waals surface area contributed by atoms with Crippen molar-refractivity contribution < 1.29 is 23.7 Å². The SMILES string of the molecule is COc1ccc(-c2csc(NC(=O)c3ccccc3OC[C@H]3CCCO3)n2)c(OC)c1. The van der Waals surface area contributed by atoms with Crippen molar-refractivity contribution in [3.8, 4) is 28.5 Å². The first-order valence-corrected chi connectivity index (χ1v) is 10.9. The zero-order chi connectivity index (χ0) is 21.6. The second-order valence-corrected chi connectivity index (χ2v) is 7.86. The number of nitrogens with one attached hydrogen (secondary N) is 1. The van der Waals surface area contributed by atoms with E-state index >= 15 is 0 Å². The summed E-state index contributed by atoms with van der Waals surface area (Å²) in [7, 11) is 3.20. The van der Waals surface area contributed by atoms with Gasteiger partial charge in [-0.05, 0) is 37.1 Å². The molecule has 0 radical (unpaired) electrons. The lowest BCUT2D eigenvalue weighted by Crippen LogP contribution is -2.19. The molecule has 1 saturated heterocycles. The number of anilines is 1. The van der Waals surface area contributed by atoms with Gasteiger partial charge in [-0.1, -0.05) is 12.1 Å². The molecular formula is C23H24N2O5S. The number of methoxy groups -OCH3 is 2. The van der Waals surface area contributed by atoms with Crippen molar-refractivity contribution in [2.75, 3.05) is 32.8 Å². The largest absolute Gasteiger partial charge is 0.497 e. The summed E-state index contributed by atoms with van der Waals surface area (Å²) in [6, 6.07) is 12.7. The van der Waals surface area contributed by atoms with Crippen LogP contribution in [0.5, 0.6) is 17.2 Å². The molecule has 1 amide bonds. The standard InChI is InChI=1S/C23H24N2O5S/c1-27-15-9-10-17(21(12-15)28-2)19-14-31-23(24-19)25-22(26)18-7-3-4-8-20(18)30-13-16-6-5-11-29-16/h3-4,7-10,12,14,16H,5-6,11,13H2,1-2H3,(H,24,25,26)/t16-/m1/s1. The quantitative estimate of drug-likeness (QED) is 0.550. The van der Waals surface area contributed by atoms with Crippen LogP contribution in [-0.4, -0.2) is 44.4 Å². The molecule has 7 nitrogen and oxygen atoms in total. The molecular weight excluding hydrogens is 416 g/mol. The minimum atomic E-state index is -0.273. The number of amides is 1. The van der Waals surface area contributed by atoms with Crippen molar-refractivity contribution in [2.24, 2.45) is 0 Å². The predicted octanol–water partition coefficient (Wildman–Crippen LogP) is 4.64. The fraction of sp³-hybridized carbons (Fsp3) is 0.304. The molecule has 1 aromatic heterocycles. The average molecular weight is 441 g/mol. The fourth-order valence-corrected chi connectivity index (χ4v) is 4.07. The first kappa shape index (κ1) is 21.1. The first-order chi connectivity index (χ1) is 15.2. The molecule has 0 bridgehead atoms. The summed E-state index contributed by atoms with van der Waals surface area (Å²) in [5.74, 6) is 1.61. The van der Waals surface area contributed by atoms with Crippen molar-refractivity contribution in [1.82, 2.24) is 4.98 Å². The normalized spacial score (nSPS) is 15.5. The smallest absolute Gasteiger partial charge is 0.261 e. The van der Waals surface area contributed by atoms with Crippen molar-refractivity contribution in [3.63, 3.8) is 0 Å². The maximum atomic E-state index is 12.9. The van der Waals surface area contributed by atoms with Gasteiger partial charge in [0.25, 0.3) is 5.91 Å². The second kappa shape index (κ2) is 9.80. The summed E-state index contributed by atoms with van der Waals surface area (Å²) in [6.45, 7) is 1.20. The van der Waals surface area contributed by atoms with Gasteiger partial charge in [-0.25, -0.2) is 4.98 Å². The van der Waals surface area contributed by atoms with E-state index < -0.39 is 0 Å². The van der Waals surface area contributed by atoms with Gasteiger partial charge in [-0.3, -0.25) is 10.1 Å². The van der Waals surface area contributed by atoms with Crippen molar-refractivity contribution in [3.05, 3.63) is 53.4 Å². The van der Waals surface area contributed by atoms with Gasteiger partial charge in [0.05, 0.1) is 31.6 Å². The van der Waals surface area contributed by atoms with E-state index in [2.05, 4.69) is 10.3 Å². The number of rotatable bonds is 8. The topological polar surface area (TPSA) is 78.9 Å². The van der Waals surface area contributed by atoms with Gasteiger partial charge in [0, 0.05) is 23.6 Å². The van der Waals surface area contributed by atoms with Crippen LogP contribution in [-0.2, 0) is 4.74 Å². The molecule has 1 N–H and O–H groups in total. The third-order valence-corrected chi connectivity index (χ3v) is 5.75. The number of aromatic nitrogens is 1. The summed E-state index contributed by atoms with van der Waals surface area (Å²) >= 11 is 1.35. The van der Waals surface area contributed by atoms with Gasteiger partial charge >= 0.3 is 0 Å². The Morgan fingerprint density at radius 2 is 2.06 bits per heavy atom. The summed E-state index contributed by atoms with van der Waals surface area (Å²) in [6.07, 6.45) is 2.10. The number of nitrogens with zero attached hydrogens (tertiary/aromatic N) is 1. The molecule has 1 aliphatic heterocycles. The number of carbonyl (C=O) groups excluding carboxylic acids is 1. The van der Waals surface area contributed by atoms with Crippen LogP contribution in [0.15, 0.2) is 47.8 Å². The van der Waals surface area contributed by atoms with Crippen molar-refractivity contribution >= 4 is 22.4 Å². The Hall–Kier alpha value is -3.10. The van der Waals surface area contributed by atoms with Crippen LogP contribution in [0.1, 0.15) is 23.2 Å². The molecule has 31 heavy (non-hydrogen) atoms. The Bertz CT molecular complexity index is 1050. The molecule has 1 aliphatic rings. The summed E-state index contributed by atoms with van der Waals surface area (Å²) in [5, 5.41) is 5.24. The van der Waals surface area contributed by atoms with Crippen LogP contribution in [0.25, 0.3) is 11.3 Å². The van der Waals surface area contributed by atoms with E-state index in [4.69, 9.17) is 18.9 Å². The highest BCUT2D eigenvalue weighted by molar-refractivity contribution is 7.14. The van der Waals surface area contributed by atoms with Gasteiger partial charge in [-0.15, -0.1) is 11.3 Å². The Kier molecular flexibility index (Phi) is 6.69. The lowest BCUT2D eigenvalue weighted by atomic mass is 10.1. The minimum Gasteiger partial charge on any atom is -0.497 e. The molecule has 0 unspecified atom stereocenters. The molecule has 1 fully saturated rings. The number of thiazole rings is 1. The third kappa shape index (κ3) is 4.98. The Morgan fingerprint density at radius 1 is 1.19 bits per heavy atom. The highest BCUT2D eigenvalue weighted by Crippen LogP contribution is 2.35. The molecule has 0 aliphatic carbocycles. The van der Waals surface area contributed by atoms with Crippen LogP contribution >= 0.6 is 11.3 Å². The van der Waals surface area contributed by atoms with Gasteiger partial charge in [0.15, 0.2) is 5.13 Å². The molecule has 0 spiro atoms. The Morgan fingerprint density at radius 3 is 2.84 bits per heavy atom. The van der Waals surface area contributed by atoms with Crippen molar-refractivity contribution in [2.45, 2.75) is 18.9 Å². The number of ether oxygens (including phenoxy) is 4. The monoisotopic (exact) mass is 440 g/mol. The highest BCUT2D eigenvalue weighted by atomic mass is 32.1. The number of para-hydroxylation sites is 1. The van der Waals surface area contributed by atoms with Gasteiger partial charge < -0.3 is 18.9 Å². The average Bonchev–Trinajstić information content (AvgIpc) is 3.49. The number of hydrogen-bond acceptors (Lipinski definition) is 7. The van der Waals surface area contributed by atoms with Gasteiger partial charge in [0.2, 0.25) is 0 Å². The zero-order valence-corrected chi connectivity index (χ0v) is 18.2. The van der Waals surface area contributed by atoms with Crippen LogP contribution in [0.2, 0.25) is 0 Å². The Balaban J connectivity index is 1.47. The predicted molar refractivity (Wildman–Crippen MR) is 120 cm³/mol. The molecule has 8 heteroatoms. The lowest BCUT2D eigenvalue weighted by Gasteiger charge is -2.14. The molecule has 0 saturated carbocycles. The van der Waals surface area contributed by atoms with E-state index in [0.717, 1.165) is 25.0 Å². The van der Waals surface area contributed by atoms with Crippen molar-refractivity contribution in [1.29, 1.82) is 0 Å². The van der Waals surface area contributed by atoms with E-state index in [0.29, 0.717) is 40.2 Å². The molecule has 2 heterocycles. The molecule has 162 valence electrons. The molecule has 2 aromatic carbocycles. The third-order valence-electron chi connectivity index (χ3n) is 4.99. The maximum Gasteiger partial charge on any atom is 0.261 e. The summed E-state index contributed by atoms with van der Waals surface area (Å²) in [4.78, 5) is 17.4. The van der Waals surface area contributed by atoms with E-state index in [-0.39, 0.29) is 12.0 Å². The fourth-order valence-electron chi connectivity index (χ4n) is 3.37. The molecule has 1 atom stereocenters. The minimum absolute atomic E-state index is 0.0807. The number of carbonyl (C=O) groups is 1. The van der Waals surface area contributed by atoms with Gasteiger partial charge in [-0.2, -0.15) is 0 Å². The maximum absolute atomic E-state index is 12.9. The number of benzene rings is 2. The summed E-state index contributed by atoms with van der Waals surface area (Å²) in [5.41, 5.74) is 1.99. The lowest BCUT2D eigenvalue weighted by molar-refractivity contribution is 0.0673. The van der Waals surface area contributed by atoms with Crippen LogP contribution < -0.4 is 19.5 Å². The van der Waals surface area contributed by atoms with Crippen LogP contribution in [0, 0.1) is 0 Å². The Labute approximate surface area is 184 Å². The van der Waals surface area contributed by atoms with E-state index in [1.165, 1.54) is 11.3 Å². The van der Waals surface area contributed by atoms with Crippen LogP contribution in [0.3, 0.4) is 0 Å². The van der Waals surface area contributed by atoms with E-state index in [9.17, 15) is 4.79 Å². The first-order valence-electron chi connectivity index (χ1n) is 10.0. The van der Waals surface area contributed by atoms with Gasteiger partial charge in [0.1, 0.15) is 23.9 Å². The molecule has 3 aromatic rings.